The van der Waals surface area contributed by atoms with Gasteiger partial charge in [0, 0.05) is 23.4 Å². The molecule has 0 aliphatic carbocycles. The highest BCUT2D eigenvalue weighted by Gasteiger charge is 2.12. The molecule has 1 aromatic carbocycles. The summed E-state index contributed by atoms with van der Waals surface area (Å²) >= 11 is 0. The average molecular weight is 232 g/mol. The van der Waals surface area contributed by atoms with E-state index in [0.717, 1.165) is 5.56 Å². The molecule has 0 saturated carbocycles. The molecule has 1 heterocycles. The fourth-order valence-electron chi connectivity index (χ4n) is 1.76. The topological polar surface area (TPSA) is 48.1 Å². The van der Waals surface area contributed by atoms with Crippen molar-refractivity contribution in [1.82, 2.24) is 4.98 Å². The van der Waals surface area contributed by atoms with Crippen LogP contribution in [-0.2, 0) is 0 Å². The maximum atomic E-state index is 13.9. The van der Waals surface area contributed by atoms with Gasteiger partial charge >= 0.3 is 0 Å². The van der Waals surface area contributed by atoms with Crippen LogP contribution in [0, 0.1) is 12.7 Å². The lowest BCUT2D eigenvalue weighted by Crippen LogP contribution is -1.98. The molecule has 2 aromatic rings. The molecule has 0 spiro atoms. The van der Waals surface area contributed by atoms with Gasteiger partial charge in [0.2, 0.25) is 0 Å². The Morgan fingerprint density at radius 1 is 1.29 bits per heavy atom. The zero-order chi connectivity index (χ0) is 12.4. The van der Waals surface area contributed by atoms with E-state index in [9.17, 15) is 4.39 Å². The molecule has 3 nitrogen and oxygen atoms in total. The molecule has 0 unspecified atom stereocenters. The molecule has 0 fully saturated rings. The van der Waals surface area contributed by atoms with Gasteiger partial charge < -0.3 is 10.5 Å². The number of aryl methyl sites for hydroxylation is 1. The second kappa shape index (κ2) is 4.41. The van der Waals surface area contributed by atoms with Gasteiger partial charge in [0.25, 0.3) is 0 Å². The van der Waals surface area contributed by atoms with Crippen molar-refractivity contribution in [2.24, 2.45) is 0 Å². The number of halogens is 1. The Hall–Kier alpha value is -2.10. The molecule has 0 saturated heterocycles. The quantitative estimate of drug-likeness (QED) is 0.866. The van der Waals surface area contributed by atoms with Gasteiger partial charge in [0.05, 0.1) is 7.11 Å². The second-order valence-corrected chi connectivity index (χ2v) is 3.73. The molecule has 17 heavy (non-hydrogen) atoms. The number of rotatable bonds is 2. The third-order valence-electron chi connectivity index (χ3n) is 2.63. The molecule has 0 aliphatic rings. The number of ether oxygens (including phenoxy) is 1. The maximum absolute atomic E-state index is 13.9. The molecule has 0 radical (unpaired) electrons. The number of anilines is 1. The summed E-state index contributed by atoms with van der Waals surface area (Å²) in [5.74, 6) is 0.438. The van der Waals surface area contributed by atoms with E-state index in [0.29, 0.717) is 22.7 Å². The van der Waals surface area contributed by atoms with E-state index in [4.69, 9.17) is 10.5 Å². The Labute approximate surface area is 99.1 Å². The minimum absolute atomic E-state index is 0.328. The van der Waals surface area contributed by atoms with Crippen molar-refractivity contribution < 1.29 is 9.13 Å². The maximum Gasteiger partial charge on any atom is 0.134 e. The SMILES string of the molecule is COc1ccc(-c2c(C)ccnc2N)c(F)c1. The Balaban J connectivity index is 2.61. The predicted octanol–water partition coefficient (Wildman–Crippen LogP) is 2.79. The van der Waals surface area contributed by atoms with Gasteiger partial charge in [0.15, 0.2) is 0 Å². The second-order valence-electron chi connectivity index (χ2n) is 3.73. The summed E-state index contributed by atoms with van der Waals surface area (Å²) in [4.78, 5) is 3.98. The largest absolute Gasteiger partial charge is 0.497 e. The monoisotopic (exact) mass is 232 g/mol. The van der Waals surface area contributed by atoms with E-state index in [1.807, 2.05) is 6.92 Å². The van der Waals surface area contributed by atoms with Gasteiger partial charge in [0.1, 0.15) is 17.4 Å². The molecule has 4 heteroatoms. The number of pyridine rings is 1. The number of nitrogens with zero attached hydrogens (tertiary/aromatic N) is 1. The fraction of sp³-hybridized carbons (Fsp3) is 0.154. The predicted molar refractivity (Wildman–Crippen MR) is 65.3 cm³/mol. The zero-order valence-electron chi connectivity index (χ0n) is 9.70. The van der Waals surface area contributed by atoms with Gasteiger partial charge in [-0.15, -0.1) is 0 Å². The van der Waals surface area contributed by atoms with Gasteiger partial charge in [-0.1, -0.05) is 0 Å². The molecule has 0 bridgehead atoms. The van der Waals surface area contributed by atoms with E-state index >= 15 is 0 Å². The molecular formula is C13H13FN2O. The highest BCUT2D eigenvalue weighted by atomic mass is 19.1. The van der Waals surface area contributed by atoms with Crippen LogP contribution in [-0.4, -0.2) is 12.1 Å². The first-order chi connectivity index (χ1) is 8.13. The molecule has 88 valence electrons. The Morgan fingerprint density at radius 2 is 2.06 bits per heavy atom. The standard InChI is InChI=1S/C13H13FN2O/c1-8-5-6-16-13(15)12(8)10-4-3-9(17-2)7-11(10)14/h3-7H,1-2H3,(H2,15,16). The van der Waals surface area contributed by atoms with Crippen LogP contribution in [0.1, 0.15) is 5.56 Å². The zero-order valence-corrected chi connectivity index (χ0v) is 9.70. The van der Waals surface area contributed by atoms with Crippen LogP contribution < -0.4 is 10.5 Å². The van der Waals surface area contributed by atoms with Crippen LogP contribution in [0.4, 0.5) is 10.2 Å². The Bertz CT molecular complexity index is 535. The number of aromatic nitrogens is 1. The number of nitrogen functional groups attached to an aromatic ring is 1. The van der Waals surface area contributed by atoms with Crippen molar-refractivity contribution in [3.05, 3.63) is 41.8 Å². The van der Waals surface area contributed by atoms with Gasteiger partial charge in [-0.25, -0.2) is 9.37 Å². The average Bonchev–Trinajstić information content (AvgIpc) is 2.30. The summed E-state index contributed by atoms with van der Waals surface area (Å²) in [5, 5.41) is 0. The van der Waals surface area contributed by atoms with Crippen LogP contribution in [0.5, 0.6) is 5.75 Å². The molecular weight excluding hydrogens is 219 g/mol. The first kappa shape index (κ1) is 11.4. The van der Waals surface area contributed by atoms with E-state index in [1.54, 1.807) is 24.4 Å². The molecule has 0 aliphatic heterocycles. The number of benzene rings is 1. The first-order valence-corrected chi connectivity index (χ1v) is 5.18. The normalized spacial score (nSPS) is 10.3. The van der Waals surface area contributed by atoms with Crippen molar-refractivity contribution in [2.45, 2.75) is 6.92 Å². The Morgan fingerprint density at radius 3 is 2.65 bits per heavy atom. The number of methoxy groups -OCH3 is 1. The van der Waals surface area contributed by atoms with Gasteiger partial charge in [-0.05, 0) is 30.7 Å². The first-order valence-electron chi connectivity index (χ1n) is 5.18. The minimum atomic E-state index is -0.368. The summed E-state index contributed by atoms with van der Waals surface area (Å²) in [6, 6.07) is 6.48. The lowest BCUT2D eigenvalue weighted by Gasteiger charge is -2.10. The lowest BCUT2D eigenvalue weighted by molar-refractivity contribution is 0.411. The third kappa shape index (κ3) is 2.06. The third-order valence-corrected chi connectivity index (χ3v) is 2.63. The van der Waals surface area contributed by atoms with E-state index < -0.39 is 0 Å². The summed E-state index contributed by atoms with van der Waals surface area (Å²) in [7, 11) is 1.50. The molecule has 0 amide bonds. The summed E-state index contributed by atoms with van der Waals surface area (Å²) < 4.78 is 18.9. The van der Waals surface area contributed by atoms with E-state index in [-0.39, 0.29) is 5.82 Å². The van der Waals surface area contributed by atoms with Crippen LogP contribution in [0.25, 0.3) is 11.1 Å². The molecule has 2 rings (SSSR count). The van der Waals surface area contributed by atoms with E-state index in [2.05, 4.69) is 4.98 Å². The van der Waals surface area contributed by atoms with Crippen LogP contribution >= 0.6 is 0 Å². The number of nitrogens with two attached hydrogens (primary N) is 1. The van der Waals surface area contributed by atoms with Gasteiger partial charge in [-0.3, -0.25) is 0 Å². The molecule has 2 N–H and O–H groups in total. The fourth-order valence-corrected chi connectivity index (χ4v) is 1.76. The summed E-state index contributed by atoms with van der Waals surface area (Å²) in [6.45, 7) is 1.87. The highest BCUT2D eigenvalue weighted by molar-refractivity contribution is 5.77. The van der Waals surface area contributed by atoms with Crippen molar-refractivity contribution in [3.8, 4) is 16.9 Å². The van der Waals surface area contributed by atoms with Crippen LogP contribution in [0.2, 0.25) is 0 Å². The van der Waals surface area contributed by atoms with Crippen molar-refractivity contribution in [1.29, 1.82) is 0 Å². The van der Waals surface area contributed by atoms with Crippen molar-refractivity contribution >= 4 is 5.82 Å². The van der Waals surface area contributed by atoms with Crippen molar-refractivity contribution in [2.75, 3.05) is 12.8 Å². The highest BCUT2D eigenvalue weighted by Crippen LogP contribution is 2.31. The van der Waals surface area contributed by atoms with E-state index in [1.165, 1.54) is 13.2 Å². The van der Waals surface area contributed by atoms with Crippen molar-refractivity contribution in [3.63, 3.8) is 0 Å². The Kier molecular flexibility index (Phi) is 2.95. The van der Waals surface area contributed by atoms with Crippen LogP contribution in [0.15, 0.2) is 30.5 Å². The minimum Gasteiger partial charge on any atom is -0.497 e. The number of hydrogen-bond acceptors (Lipinski definition) is 3. The van der Waals surface area contributed by atoms with Crippen LogP contribution in [0.3, 0.4) is 0 Å². The van der Waals surface area contributed by atoms with Gasteiger partial charge in [-0.2, -0.15) is 0 Å². The smallest absolute Gasteiger partial charge is 0.134 e. The summed E-state index contributed by atoms with van der Waals surface area (Å²) in [5.41, 5.74) is 7.75. The molecule has 1 aromatic heterocycles. The summed E-state index contributed by atoms with van der Waals surface area (Å²) in [6.07, 6.45) is 1.61. The number of hydrogen-bond donors (Lipinski definition) is 1. The lowest BCUT2D eigenvalue weighted by atomic mass is 10.0. The molecule has 0 atom stereocenters.